The molecule has 0 aromatic heterocycles. The fourth-order valence-electron chi connectivity index (χ4n) is 3.86. The average Bonchev–Trinajstić information content (AvgIpc) is 2.82. The third-order valence-corrected chi connectivity index (χ3v) is 6.45. The first-order valence-electron chi connectivity index (χ1n) is 11.4. The first-order valence-corrected chi connectivity index (χ1v) is 12.6. The number of carbonyl (C=O) groups excluding carboxylic acids is 2. The second-order valence-electron chi connectivity index (χ2n) is 7.82. The highest BCUT2D eigenvalue weighted by molar-refractivity contribution is 7.99. The molecule has 0 bridgehead atoms. The van der Waals surface area contributed by atoms with Gasteiger partial charge in [-0.3, -0.25) is 19.9 Å². The molecule has 1 heterocycles. The number of unbranched alkanes of at least 4 members (excludes halogenated alkanes) is 1. The van der Waals surface area contributed by atoms with Crippen molar-refractivity contribution in [2.24, 2.45) is 10.9 Å². The Kier molecular flexibility index (Phi) is 11.2. The predicted octanol–water partition coefficient (Wildman–Crippen LogP) is 3.88. The van der Waals surface area contributed by atoms with Crippen molar-refractivity contribution < 1.29 is 24.0 Å². The van der Waals surface area contributed by atoms with Crippen LogP contribution in [0.3, 0.4) is 0 Å². The lowest BCUT2D eigenvalue weighted by atomic mass is 9.75. The van der Waals surface area contributed by atoms with Crippen molar-refractivity contribution in [1.29, 1.82) is 0 Å². The molecule has 34 heavy (non-hydrogen) atoms. The normalized spacial score (nSPS) is 17.8. The van der Waals surface area contributed by atoms with Crippen LogP contribution >= 0.6 is 11.8 Å². The van der Waals surface area contributed by atoms with Gasteiger partial charge in [-0.25, -0.2) is 4.79 Å². The van der Waals surface area contributed by atoms with Gasteiger partial charge in [0.15, 0.2) is 0 Å². The number of aliphatic imine (C=N–C) groups is 1. The summed E-state index contributed by atoms with van der Waals surface area (Å²) in [4.78, 5) is 41.4. The molecule has 0 aliphatic carbocycles. The van der Waals surface area contributed by atoms with Crippen molar-refractivity contribution in [2.75, 3.05) is 38.3 Å². The van der Waals surface area contributed by atoms with E-state index in [9.17, 15) is 19.7 Å². The second-order valence-corrected chi connectivity index (χ2v) is 8.93. The molecule has 2 rings (SSSR count). The van der Waals surface area contributed by atoms with Crippen LogP contribution in [0.5, 0.6) is 0 Å². The molecule has 1 aromatic carbocycles. The molecule has 10 heteroatoms. The van der Waals surface area contributed by atoms with Crippen molar-refractivity contribution in [3.05, 3.63) is 51.2 Å². The minimum atomic E-state index is -0.893. The van der Waals surface area contributed by atoms with Gasteiger partial charge in [-0.15, -0.1) is 0 Å². The molecule has 0 saturated carbocycles. The monoisotopic (exact) mass is 491 g/mol. The quantitative estimate of drug-likeness (QED) is 0.191. The molecule has 0 amide bonds. The molecular formula is C24H33N3O6S. The summed E-state index contributed by atoms with van der Waals surface area (Å²) in [5, 5.41) is 14.8. The summed E-state index contributed by atoms with van der Waals surface area (Å²) in [6.45, 7) is 7.49. The van der Waals surface area contributed by atoms with Gasteiger partial charge in [-0.1, -0.05) is 25.5 Å². The molecule has 1 aromatic rings. The topological polar surface area (TPSA) is 120 Å². The summed E-state index contributed by atoms with van der Waals surface area (Å²) >= 11 is 1.62. The van der Waals surface area contributed by atoms with Gasteiger partial charge in [-0.05, 0) is 32.4 Å². The minimum Gasteiger partial charge on any atom is -0.468 e. The molecule has 2 atom stereocenters. The maximum Gasteiger partial charge on any atom is 0.336 e. The van der Waals surface area contributed by atoms with Gasteiger partial charge in [-0.2, -0.15) is 11.8 Å². The van der Waals surface area contributed by atoms with Crippen molar-refractivity contribution in [3.63, 3.8) is 0 Å². The van der Waals surface area contributed by atoms with Crippen molar-refractivity contribution in [2.45, 2.75) is 39.5 Å². The Hall–Kier alpha value is -2.72. The third kappa shape index (κ3) is 7.14. The lowest BCUT2D eigenvalue weighted by Crippen LogP contribution is -2.36. The summed E-state index contributed by atoms with van der Waals surface area (Å²) in [5.41, 5.74) is 1.60. The molecule has 1 aliphatic heterocycles. The number of nitrogens with zero attached hydrogens (tertiary/aromatic N) is 2. The van der Waals surface area contributed by atoms with Crippen molar-refractivity contribution in [3.8, 4) is 0 Å². The number of methoxy groups -OCH3 is 1. The van der Waals surface area contributed by atoms with E-state index in [0.29, 0.717) is 22.7 Å². The molecule has 0 radical (unpaired) electrons. The van der Waals surface area contributed by atoms with Gasteiger partial charge in [0.1, 0.15) is 5.92 Å². The predicted molar refractivity (Wildman–Crippen MR) is 133 cm³/mol. The van der Waals surface area contributed by atoms with E-state index in [2.05, 4.69) is 17.2 Å². The van der Waals surface area contributed by atoms with Crippen LogP contribution in [-0.2, 0) is 19.1 Å². The number of nitro groups is 1. The zero-order valence-electron chi connectivity index (χ0n) is 20.2. The molecule has 0 spiro atoms. The Morgan fingerprint density at radius 2 is 2.03 bits per heavy atom. The van der Waals surface area contributed by atoms with E-state index in [-0.39, 0.29) is 17.9 Å². The highest BCUT2D eigenvalue weighted by Gasteiger charge is 2.43. The van der Waals surface area contributed by atoms with E-state index in [0.717, 1.165) is 31.7 Å². The molecular weight excluding hydrogens is 458 g/mol. The zero-order chi connectivity index (χ0) is 25.1. The standard InChI is InChI=1S/C24H33N3O6S/c1-5-7-11-25-12-13-34-15-19-22(24(29)33-6-2)21(20(16(3)26-19)23(28)32-4)17-9-8-10-18(14-17)27(30)31/h8-10,14,20-21,25H,5-7,11-13,15H2,1-4H3. The van der Waals surface area contributed by atoms with Crippen LogP contribution in [0, 0.1) is 16.0 Å². The number of rotatable bonds is 13. The van der Waals surface area contributed by atoms with E-state index in [1.165, 1.54) is 19.2 Å². The number of hydrogen-bond donors (Lipinski definition) is 1. The van der Waals surface area contributed by atoms with E-state index in [1.807, 2.05) is 0 Å². The largest absolute Gasteiger partial charge is 0.468 e. The number of non-ortho nitro benzene ring substituents is 1. The Labute approximate surface area is 204 Å². The molecule has 9 nitrogen and oxygen atoms in total. The number of benzene rings is 1. The summed E-state index contributed by atoms with van der Waals surface area (Å²) in [7, 11) is 1.27. The van der Waals surface area contributed by atoms with Gasteiger partial charge in [0.05, 0.1) is 29.9 Å². The minimum absolute atomic E-state index is 0.126. The summed E-state index contributed by atoms with van der Waals surface area (Å²) in [6, 6.07) is 5.98. The van der Waals surface area contributed by atoms with Gasteiger partial charge >= 0.3 is 11.9 Å². The molecule has 2 unspecified atom stereocenters. The maximum atomic E-state index is 13.1. The number of thioether (sulfide) groups is 1. The first-order chi connectivity index (χ1) is 16.3. The smallest absolute Gasteiger partial charge is 0.336 e. The van der Waals surface area contributed by atoms with E-state index in [1.54, 1.807) is 37.7 Å². The average molecular weight is 492 g/mol. The number of nitro benzene ring substituents is 1. The molecule has 0 fully saturated rings. The van der Waals surface area contributed by atoms with Gasteiger partial charge < -0.3 is 14.8 Å². The van der Waals surface area contributed by atoms with Gasteiger partial charge in [0, 0.05) is 41.8 Å². The van der Waals surface area contributed by atoms with Crippen LogP contribution in [0.15, 0.2) is 40.5 Å². The van der Waals surface area contributed by atoms with Crippen molar-refractivity contribution in [1.82, 2.24) is 5.32 Å². The Balaban J connectivity index is 2.47. The first kappa shape index (κ1) is 27.5. The SMILES string of the molecule is CCCCNCCSCC1=C(C(=O)OCC)C(c2cccc([N+](=O)[O-])c2)C(C(=O)OC)C(C)=N1. The number of nitrogens with one attached hydrogen (secondary N) is 1. The maximum absolute atomic E-state index is 13.1. The molecule has 1 N–H and O–H groups in total. The third-order valence-electron chi connectivity index (χ3n) is 5.48. The lowest BCUT2D eigenvalue weighted by molar-refractivity contribution is -0.384. The molecule has 0 saturated heterocycles. The number of esters is 2. The highest BCUT2D eigenvalue weighted by Crippen LogP contribution is 2.41. The van der Waals surface area contributed by atoms with Crippen LogP contribution < -0.4 is 5.32 Å². The number of hydrogen-bond acceptors (Lipinski definition) is 9. The van der Waals surface area contributed by atoms with Crippen LogP contribution in [-0.4, -0.2) is 60.9 Å². The molecule has 1 aliphatic rings. The Morgan fingerprint density at radius 3 is 2.68 bits per heavy atom. The molecule has 186 valence electrons. The summed E-state index contributed by atoms with van der Waals surface area (Å²) < 4.78 is 10.4. The van der Waals surface area contributed by atoms with Gasteiger partial charge in [0.25, 0.3) is 5.69 Å². The Bertz CT molecular complexity index is 946. The zero-order valence-corrected chi connectivity index (χ0v) is 21.0. The van der Waals surface area contributed by atoms with Crippen LogP contribution in [0.1, 0.15) is 45.1 Å². The van der Waals surface area contributed by atoms with Gasteiger partial charge in [0.2, 0.25) is 0 Å². The van der Waals surface area contributed by atoms with Crippen molar-refractivity contribution >= 4 is 35.1 Å². The van der Waals surface area contributed by atoms with E-state index in [4.69, 9.17) is 9.47 Å². The van der Waals surface area contributed by atoms with E-state index < -0.39 is 28.7 Å². The lowest BCUT2D eigenvalue weighted by Gasteiger charge is -2.31. The van der Waals surface area contributed by atoms with Crippen LogP contribution in [0.2, 0.25) is 0 Å². The summed E-state index contributed by atoms with van der Waals surface area (Å²) in [6.07, 6.45) is 2.25. The Morgan fingerprint density at radius 1 is 1.26 bits per heavy atom. The van der Waals surface area contributed by atoms with E-state index >= 15 is 0 Å². The fraction of sp³-hybridized carbons (Fsp3) is 0.542. The summed E-state index contributed by atoms with van der Waals surface area (Å²) in [5.74, 6) is -1.58. The second kappa shape index (κ2) is 13.9. The number of ether oxygens (including phenoxy) is 2. The van der Waals surface area contributed by atoms with Crippen LogP contribution in [0.25, 0.3) is 0 Å². The fourth-order valence-corrected chi connectivity index (χ4v) is 4.70. The highest BCUT2D eigenvalue weighted by atomic mass is 32.2. The number of carbonyl (C=O) groups is 2. The van der Waals surface area contributed by atoms with Crippen LogP contribution in [0.4, 0.5) is 5.69 Å².